The van der Waals surface area contributed by atoms with Crippen LogP contribution in [0.4, 0.5) is 5.69 Å². The Morgan fingerprint density at radius 1 is 1.07 bits per heavy atom. The van der Waals surface area contributed by atoms with E-state index in [0.29, 0.717) is 29.0 Å². The fourth-order valence-corrected chi connectivity index (χ4v) is 3.88. The molecule has 0 aliphatic carbocycles. The number of unbranched alkanes of at least 4 members (excludes halogenated alkanes) is 1. The van der Waals surface area contributed by atoms with Crippen molar-refractivity contribution < 1.29 is 22.3 Å². The highest BCUT2D eigenvalue weighted by atomic mass is 32.2. The summed E-state index contributed by atoms with van der Waals surface area (Å²) >= 11 is 0. The molecule has 3 aromatic rings. The first-order chi connectivity index (χ1) is 13.9. The lowest BCUT2D eigenvalue weighted by Gasteiger charge is -2.11. The molecule has 0 aliphatic rings. The molecular formula is C21H23NO6S. The largest absolute Gasteiger partial charge is 0.494 e. The SMILES string of the molecule is CCCCOc1ccc(S(=O)(=O)Nc2ccc3c(COC)cc(=O)oc3c2)cc1. The molecular weight excluding hydrogens is 394 g/mol. The Hall–Kier alpha value is -2.84. The minimum Gasteiger partial charge on any atom is -0.494 e. The first-order valence-electron chi connectivity index (χ1n) is 9.24. The van der Waals surface area contributed by atoms with E-state index in [1.807, 2.05) is 0 Å². The van der Waals surface area contributed by atoms with Crippen LogP contribution in [0.5, 0.6) is 5.75 Å². The highest BCUT2D eigenvalue weighted by molar-refractivity contribution is 7.92. The molecule has 1 heterocycles. The second kappa shape index (κ2) is 9.11. The number of methoxy groups -OCH3 is 1. The molecule has 0 atom stereocenters. The van der Waals surface area contributed by atoms with Gasteiger partial charge in [0.2, 0.25) is 0 Å². The van der Waals surface area contributed by atoms with E-state index in [1.165, 1.54) is 31.4 Å². The Balaban J connectivity index is 1.82. The standard InChI is InChI=1S/C21H23NO6S/c1-3-4-11-27-17-6-8-18(9-7-17)29(24,25)22-16-5-10-19-15(14-26-2)12-21(23)28-20(19)13-16/h5-10,12-13,22H,3-4,11,14H2,1-2H3. The summed E-state index contributed by atoms with van der Waals surface area (Å²) in [6.45, 7) is 2.91. The van der Waals surface area contributed by atoms with E-state index in [1.54, 1.807) is 24.3 Å². The second-order valence-electron chi connectivity index (χ2n) is 6.51. The van der Waals surface area contributed by atoms with Gasteiger partial charge in [0, 0.05) is 24.6 Å². The Morgan fingerprint density at radius 2 is 1.83 bits per heavy atom. The van der Waals surface area contributed by atoms with Crippen LogP contribution >= 0.6 is 0 Å². The Bertz CT molecular complexity index is 1140. The van der Waals surface area contributed by atoms with Gasteiger partial charge >= 0.3 is 5.63 Å². The number of hydrogen-bond donors (Lipinski definition) is 1. The van der Waals surface area contributed by atoms with Crippen molar-refractivity contribution in [3.63, 3.8) is 0 Å². The number of ether oxygens (including phenoxy) is 2. The highest BCUT2D eigenvalue weighted by Gasteiger charge is 2.15. The van der Waals surface area contributed by atoms with E-state index >= 15 is 0 Å². The predicted molar refractivity (Wildman–Crippen MR) is 111 cm³/mol. The second-order valence-corrected chi connectivity index (χ2v) is 8.20. The number of fused-ring (bicyclic) bond motifs is 1. The molecule has 0 bridgehead atoms. The minimum atomic E-state index is -3.80. The topological polar surface area (TPSA) is 94.8 Å². The maximum absolute atomic E-state index is 12.7. The van der Waals surface area contributed by atoms with Crippen LogP contribution < -0.4 is 15.1 Å². The zero-order valence-electron chi connectivity index (χ0n) is 16.3. The summed E-state index contributed by atoms with van der Waals surface area (Å²) in [5.74, 6) is 0.621. The van der Waals surface area contributed by atoms with Crippen LogP contribution in [0, 0.1) is 0 Å². The van der Waals surface area contributed by atoms with Crippen LogP contribution in [-0.4, -0.2) is 22.1 Å². The van der Waals surface area contributed by atoms with E-state index in [2.05, 4.69) is 11.6 Å². The lowest BCUT2D eigenvalue weighted by atomic mass is 10.1. The number of sulfonamides is 1. The predicted octanol–water partition coefficient (Wildman–Crippen LogP) is 3.92. The van der Waals surface area contributed by atoms with Gasteiger partial charge in [-0.15, -0.1) is 0 Å². The number of benzene rings is 2. The quantitative estimate of drug-likeness (QED) is 0.419. The monoisotopic (exact) mass is 417 g/mol. The molecule has 7 nitrogen and oxygen atoms in total. The fraction of sp³-hybridized carbons (Fsp3) is 0.286. The minimum absolute atomic E-state index is 0.107. The highest BCUT2D eigenvalue weighted by Crippen LogP contribution is 2.24. The molecule has 29 heavy (non-hydrogen) atoms. The number of anilines is 1. The van der Waals surface area contributed by atoms with Crippen molar-refractivity contribution in [2.75, 3.05) is 18.4 Å². The Morgan fingerprint density at radius 3 is 2.52 bits per heavy atom. The van der Waals surface area contributed by atoms with Gasteiger partial charge in [0.25, 0.3) is 10.0 Å². The van der Waals surface area contributed by atoms with Gasteiger partial charge in [-0.25, -0.2) is 13.2 Å². The van der Waals surface area contributed by atoms with Crippen LogP contribution in [0.3, 0.4) is 0 Å². The summed E-state index contributed by atoms with van der Waals surface area (Å²) in [5, 5.41) is 0.683. The van der Waals surface area contributed by atoms with Gasteiger partial charge in [-0.2, -0.15) is 0 Å². The van der Waals surface area contributed by atoms with Gasteiger partial charge in [-0.1, -0.05) is 13.3 Å². The van der Waals surface area contributed by atoms with Crippen molar-refractivity contribution in [2.24, 2.45) is 0 Å². The van der Waals surface area contributed by atoms with Gasteiger partial charge in [0.05, 0.1) is 23.8 Å². The van der Waals surface area contributed by atoms with Gasteiger partial charge in [0.1, 0.15) is 11.3 Å². The van der Waals surface area contributed by atoms with Crippen molar-refractivity contribution in [1.82, 2.24) is 0 Å². The molecule has 2 aromatic carbocycles. The first kappa shape index (κ1) is 20.9. The molecule has 0 saturated heterocycles. The van der Waals surface area contributed by atoms with Gasteiger partial charge in [-0.05, 0) is 48.4 Å². The average Bonchev–Trinajstić information content (AvgIpc) is 2.68. The molecule has 0 aliphatic heterocycles. The third-order valence-electron chi connectivity index (χ3n) is 4.28. The maximum atomic E-state index is 12.7. The summed E-state index contributed by atoms with van der Waals surface area (Å²) in [6, 6.07) is 12.4. The van der Waals surface area contributed by atoms with Crippen LogP contribution in [-0.2, 0) is 21.4 Å². The molecule has 0 radical (unpaired) electrons. The van der Waals surface area contributed by atoms with Crippen LogP contribution in [0.25, 0.3) is 11.0 Å². The Kier molecular flexibility index (Phi) is 6.56. The number of rotatable bonds is 9. The van der Waals surface area contributed by atoms with Gasteiger partial charge in [-0.3, -0.25) is 4.72 Å². The maximum Gasteiger partial charge on any atom is 0.336 e. The molecule has 154 valence electrons. The molecule has 0 saturated carbocycles. The molecule has 0 unspecified atom stereocenters. The summed E-state index contributed by atoms with van der Waals surface area (Å²) in [4.78, 5) is 11.9. The van der Waals surface area contributed by atoms with Crippen molar-refractivity contribution >= 4 is 26.7 Å². The zero-order valence-corrected chi connectivity index (χ0v) is 17.1. The van der Waals surface area contributed by atoms with Crippen LogP contribution in [0.1, 0.15) is 25.3 Å². The first-order valence-corrected chi connectivity index (χ1v) is 10.7. The van der Waals surface area contributed by atoms with E-state index in [0.717, 1.165) is 12.8 Å². The summed E-state index contributed by atoms with van der Waals surface area (Å²) < 4.78 is 43.7. The molecule has 0 spiro atoms. The summed E-state index contributed by atoms with van der Waals surface area (Å²) in [5.41, 5.74) is 0.720. The fourth-order valence-electron chi connectivity index (χ4n) is 2.83. The van der Waals surface area contributed by atoms with E-state index in [4.69, 9.17) is 13.9 Å². The third kappa shape index (κ3) is 5.16. The van der Waals surface area contributed by atoms with Crippen molar-refractivity contribution in [3.8, 4) is 5.75 Å². The van der Waals surface area contributed by atoms with Gasteiger partial charge < -0.3 is 13.9 Å². The van der Waals surface area contributed by atoms with Crippen molar-refractivity contribution in [1.29, 1.82) is 0 Å². The smallest absolute Gasteiger partial charge is 0.336 e. The molecule has 3 rings (SSSR count). The van der Waals surface area contributed by atoms with E-state index in [9.17, 15) is 13.2 Å². The lowest BCUT2D eigenvalue weighted by molar-refractivity contribution is 0.185. The van der Waals surface area contributed by atoms with Crippen LogP contribution in [0.15, 0.2) is 62.6 Å². The van der Waals surface area contributed by atoms with Crippen LogP contribution in [0.2, 0.25) is 0 Å². The molecule has 8 heteroatoms. The molecule has 0 amide bonds. The molecule has 0 fully saturated rings. The normalized spacial score (nSPS) is 11.5. The van der Waals surface area contributed by atoms with Crippen molar-refractivity contribution in [3.05, 3.63) is 64.5 Å². The zero-order chi connectivity index (χ0) is 20.9. The summed E-state index contributed by atoms with van der Waals surface area (Å²) in [6.07, 6.45) is 1.96. The number of hydrogen-bond acceptors (Lipinski definition) is 6. The lowest BCUT2D eigenvalue weighted by Crippen LogP contribution is -2.13. The third-order valence-corrected chi connectivity index (χ3v) is 5.68. The summed E-state index contributed by atoms with van der Waals surface area (Å²) in [7, 11) is -2.27. The van der Waals surface area contributed by atoms with E-state index in [-0.39, 0.29) is 17.1 Å². The van der Waals surface area contributed by atoms with E-state index < -0.39 is 15.6 Å². The van der Waals surface area contributed by atoms with Crippen molar-refractivity contribution in [2.45, 2.75) is 31.3 Å². The number of nitrogens with one attached hydrogen (secondary N) is 1. The average molecular weight is 417 g/mol. The Labute approximate surface area is 169 Å². The molecule has 1 aromatic heterocycles. The van der Waals surface area contributed by atoms with Gasteiger partial charge in [0.15, 0.2) is 0 Å². The molecule has 1 N–H and O–H groups in total.